The van der Waals surface area contributed by atoms with Crippen molar-refractivity contribution < 1.29 is 4.92 Å². The Kier molecular flexibility index (Phi) is 4.03. The zero-order valence-corrected chi connectivity index (χ0v) is 9.23. The quantitative estimate of drug-likeness (QED) is 0.643. The van der Waals surface area contributed by atoms with E-state index in [2.05, 4.69) is 10.3 Å². The number of rotatable bonds is 4. The van der Waals surface area contributed by atoms with E-state index in [1.165, 1.54) is 6.07 Å². The third-order valence-corrected chi connectivity index (χ3v) is 2.12. The van der Waals surface area contributed by atoms with Crippen LogP contribution in [0.2, 0.25) is 5.02 Å². The van der Waals surface area contributed by atoms with Crippen molar-refractivity contribution in [2.24, 2.45) is 5.92 Å². The van der Waals surface area contributed by atoms with Crippen LogP contribution < -0.4 is 5.32 Å². The van der Waals surface area contributed by atoms with Crippen molar-refractivity contribution in [2.75, 3.05) is 11.9 Å². The van der Waals surface area contributed by atoms with Crippen molar-refractivity contribution in [1.29, 1.82) is 5.26 Å². The highest BCUT2D eigenvalue weighted by Crippen LogP contribution is 2.23. The van der Waals surface area contributed by atoms with Gasteiger partial charge in [0.25, 0.3) is 5.69 Å². The summed E-state index contributed by atoms with van der Waals surface area (Å²) >= 11 is 5.79. The van der Waals surface area contributed by atoms with Gasteiger partial charge in [-0.1, -0.05) is 11.6 Å². The SMILES string of the molecule is C[C@H](C#N)CNc1ncc([N+](=O)[O-])cc1Cl. The molecule has 0 fully saturated rings. The molecule has 0 unspecified atom stereocenters. The first-order chi connectivity index (χ1) is 7.54. The average Bonchev–Trinajstić information content (AvgIpc) is 2.26. The maximum atomic E-state index is 10.4. The lowest BCUT2D eigenvalue weighted by atomic mass is 10.2. The van der Waals surface area contributed by atoms with Crippen molar-refractivity contribution in [2.45, 2.75) is 6.92 Å². The molecule has 1 N–H and O–H groups in total. The third-order valence-electron chi connectivity index (χ3n) is 1.83. The summed E-state index contributed by atoms with van der Waals surface area (Å²) in [5, 5.41) is 22.0. The van der Waals surface area contributed by atoms with E-state index < -0.39 is 4.92 Å². The van der Waals surface area contributed by atoms with Gasteiger partial charge in [0, 0.05) is 12.6 Å². The summed E-state index contributed by atoms with van der Waals surface area (Å²) in [7, 11) is 0. The molecule has 1 rings (SSSR count). The number of hydrogen-bond acceptors (Lipinski definition) is 5. The second-order valence-electron chi connectivity index (χ2n) is 3.19. The van der Waals surface area contributed by atoms with Crippen molar-refractivity contribution in [3.63, 3.8) is 0 Å². The van der Waals surface area contributed by atoms with Crippen LogP contribution in [-0.2, 0) is 0 Å². The number of halogens is 1. The van der Waals surface area contributed by atoms with Gasteiger partial charge in [0.1, 0.15) is 12.0 Å². The van der Waals surface area contributed by atoms with E-state index in [0.717, 1.165) is 6.20 Å². The number of hydrogen-bond donors (Lipinski definition) is 1. The summed E-state index contributed by atoms with van der Waals surface area (Å²) in [5.74, 6) is 0.155. The standard InChI is InChI=1S/C9H9ClN4O2/c1-6(3-11)4-12-9-8(10)2-7(5-13-9)14(15)16/h2,5-6H,4H2,1H3,(H,12,13)/t6-/m1/s1. The highest BCUT2D eigenvalue weighted by Gasteiger charge is 2.11. The molecule has 0 bridgehead atoms. The lowest BCUT2D eigenvalue weighted by Crippen LogP contribution is -2.10. The van der Waals surface area contributed by atoms with E-state index in [1.54, 1.807) is 6.92 Å². The van der Waals surface area contributed by atoms with Gasteiger partial charge < -0.3 is 5.32 Å². The van der Waals surface area contributed by atoms with E-state index in [0.29, 0.717) is 12.4 Å². The molecule has 0 saturated heterocycles. The molecule has 0 spiro atoms. The van der Waals surface area contributed by atoms with E-state index in [1.807, 2.05) is 6.07 Å². The number of nitriles is 1. The van der Waals surface area contributed by atoms with Crippen molar-refractivity contribution in [1.82, 2.24) is 4.98 Å². The van der Waals surface area contributed by atoms with Gasteiger partial charge in [0.15, 0.2) is 0 Å². The molecule has 1 heterocycles. The van der Waals surface area contributed by atoms with Gasteiger partial charge in [-0.15, -0.1) is 0 Å². The minimum Gasteiger partial charge on any atom is -0.368 e. The first-order valence-electron chi connectivity index (χ1n) is 4.48. The topological polar surface area (TPSA) is 91.8 Å². The number of nitrogens with one attached hydrogen (secondary N) is 1. The third kappa shape index (κ3) is 3.07. The van der Waals surface area contributed by atoms with Crippen molar-refractivity contribution in [3.8, 4) is 6.07 Å². The second kappa shape index (κ2) is 5.28. The van der Waals surface area contributed by atoms with Crippen LogP contribution in [0.1, 0.15) is 6.92 Å². The van der Waals surface area contributed by atoms with Crippen LogP contribution in [-0.4, -0.2) is 16.5 Å². The summed E-state index contributed by atoms with van der Waals surface area (Å²) in [5.41, 5.74) is -0.163. The summed E-state index contributed by atoms with van der Waals surface area (Å²) < 4.78 is 0. The molecule has 84 valence electrons. The molecule has 1 aromatic rings. The van der Waals surface area contributed by atoms with Crippen LogP contribution in [0.15, 0.2) is 12.3 Å². The first kappa shape index (κ1) is 12.2. The first-order valence-corrected chi connectivity index (χ1v) is 4.85. The van der Waals surface area contributed by atoms with Crippen LogP contribution in [0.5, 0.6) is 0 Å². The molecule has 0 aliphatic heterocycles. The summed E-state index contributed by atoms with van der Waals surface area (Å²) in [6.07, 6.45) is 1.12. The molecule has 0 aliphatic rings. The van der Waals surface area contributed by atoms with E-state index >= 15 is 0 Å². The molecule has 7 heteroatoms. The minimum atomic E-state index is -0.569. The van der Waals surface area contributed by atoms with Crippen LogP contribution >= 0.6 is 11.6 Å². The smallest absolute Gasteiger partial charge is 0.289 e. The predicted octanol–water partition coefficient (Wildman–Crippen LogP) is 2.21. The molecule has 0 amide bonds. The Balaban J connectivity index is 2.76. The van der Waals surface area contributed by atoms with Gasteiger partial charge >= 0.3 is 0 Å². The van der Waals surface area contributed by atoms with Crippen molar-refractivity contribution >= 4 is 23.1 Å². The molecule has 1 aromatic heterocycles. The molecule has 0 aromatic carbocycles. The van der Waals surface area contributed by atoms with Gasteiger partial charge in [-0.3, -0.25) is 10.1 Å². The molecule has 6 nitrogen and oxygen atoms in total. The predicted molar refractivity (Wildman–Crippen MR) is 59.2 cm³/mol. The second-order valence-corrected chi connectivity index (χ2v) is 3.60. The summed E-state index contributed by atoms with van der Waals surface area (Å²) in [4.78, 5) is 13.7. The molecule has 16 heavy (non-hydrogen) atoms. The maximum Gasteiger partial charge on any atom is 0.289 e. The molecule has 1 atom stereocenters. The highest BCUT2D eigenvalue weighted by atomic mass is 35.5. The van der Waals surface area contributed by atoms with Crippen molar-refractivity contribution in [3.05, 3.63) is 27.4 Å². The minimum absolute atomic E-state index is 0.163. The van der Waals surface area contributed by atoms with E-state index in [9.17, 15) is 10.1 Å². The zero-order chi connectivity index (χ0) is 12.1. The van der Waals surface area contributed by atoms with Crippen LogP contribution in [0.4, 0.5) is 11.5 Å². The Hall–Kier alpha value is -1.87. The average molecular weight is 241 g/mol. The summed E-state index contributed by atoms with van der Waals surface area (Å²) in [6, 6.07) is 3.26. The number of nitro groups is 1. The fourth-order valence-electron chi connectivity index (χ4n) is 0.953. The van der Waals surface area contributed by atoms with Gasteiger partial charge in [-0.05, 0) is 6.92 Å². The van der Waals surface area contributed by atoms with Gasteiger partial charge in [0.2, 0.25) is 0 Å². The zero-order valence-electron chi connectivity index (χ0n) is 8.48. The Bertz CT molecular complexity index is 444. The summed E-state index contributed by atoms with van der Waals surface area (Å²) in [6.45, 7) is 2.13. The largest absolute Gasteiger partial charge is 0.368 e. The number of pyridine rings is 1. The molecule has 0 aliphatic carbocycles. The Morgan fingerprint density at radius 2 is 2.50 bits per heavy atom. The Labute approximate surface area is 97.0 Å². The van der Waals surface area contributed by atoms with Gasteiger partial charge in [-0.25, -0.2) is 4.98 Å². The van der Waals surface area contributed by atoms with Gasteiger partial charge in [0.05, 0.1) is 21.9 Å². The fraction of sp³-hybridized carbons (Fsp3) is 0.333. The molecular weight excluding hydrogens is 232 g/mol. The van der Waals surface area contributed by atoms with Gasteiger partial charge in [-0.2, -0.15) is 5.26 Å². The lowest BCUT2D eigenvalue weighted by molar-refractivity contribution is -0.385. The normalized spacial score (nSPS) is 11.6. The number of anilines is 1. The maximum absolute atomic E-state index is 10.4. The van der Waals surface area contributed by atoms with Crippen LogP contribution in [0.3, 0.4) is 0 Å². The highest BCUT2D eigenvalue weighted by molar-refractivity contribution is 6.33. The fourth-order valence-corrected chi connectivity index (χ4v) is 1.18. The monoisotopic (exact) mass is 240 g/mol. The molecular formula is C9H9ClN4O2. The van der Waals surface area contributed by atoms with Crippen LogP contribution in [0.25, 0.3) is 0 Å². The Morgan fingerprint density at radius 3 is 3.00 bits per heavy atom. The number of nitrogens with zero attached hydrogens (tertiary/aromatic N) is 3. The van der Waals surface area contributed by atoms with Crippen LogP contribution in [0, 0.1) is 27.4 Å². The lowest BCUT2D eigenvalue weighted by Gasteiger charge is -2.07. The van der Waals surface area contributed by atoms with E-state index in [4.69, 9.17) is 16.9 Å². The molecule has 0 saturated carbocycles. The Morgan fingerprint density at radius 1 is 1.81 bits per heavy atom. The molecule has 0 radical (unpaired) electrons. The number of aromatic nitrogens is 1. The van der Waals surface area contributed by atoms with E-state index in [-0.39, 0.29) is 16.6 Å².